The molecule has 0 aliphatic rings. The number of rotatable bonds is 7. The van der Waals surface area contributed by atoms with Crippen LogP contribution in [0.4, 0.5) is 0 Å². The van der Waals surface area contributed by atoms with Gasteiger partial charge in [0.05, 0.1) is 4.90 Å². The summed E-state index contributed by atoms with van der Waals surface area (Å²) in [6.45, 7) is 4.97. The van der Waals surface area contributed by atoms with Crippen LogP contribution in [0.2, 0.25) is 0 Å². The Balaban J connectivity index is 1.57. The quantitative estimate of drug-likeness (QED) is 0.591. The number of esters is 1. The number of hydrogen-bond donors (Lipinski definition) is 1. The highest BCUT2D eigenvalue weighted by molar-refractivity contribution is 7.89. The maximum Gasteiger partial charge on any atom is 0.324 e. The zero-order valence-corrected chi connectivity index (χ0v) is 17.1. The van der Waals surface area contributed by atoms with Gasteiger partial charge in [-0.2, -0.15) is 9.71 Å². The molecule has 152 valence electrons. The molecule has 1 unspecified atom stereocenters. The second-order valence-electron chi connectivity index (χ2n) is 6.64. The number of carbonyl (C=O) groups excluding carboxylic acids is 1. The first-order chi connectivity index (χ1) is 13.7. The van der Waals surface area contributed by atoms with Gasteiger partial charge >= 0.3 is 5.97 Å². The van der Waals surface area contributed by atoms with Gasteiger partial charge in [0.1, 0.15) is 6.04 Å². The number of nitrogens with one attached hydrogen (secondary N) is 1. The lowest BCUT2D eigenvalue weighted by Gasteiger charge is -2.13. The van der Waals surface area contributed by atoms with Crippen LogP contribution in [0.15, 0.2) is 57.9 Å². The molecule has 0 bridgehead atoms. The molecule has 9 heteroatoms. The number of hydrogen-bond acceptors (Lipinski definition) is 7. The Morgan fingerprint density at radius 3 is 2.28 bits per heavy atom. The SMILES string of the molecule is Cc1ccc(-c2noc(COC(=O)C(C)NS(=O)(=O)c3ccc(C)cc3)n2)cc1. The summed E-state index contributed by atoms with van der Waals surface area (Å²) >= 11 is 0. The van der Waals surface area contributed by atoms with Crippen molar-refractivity contribution in [3.05, 3.63) is 65.5 Å². The predicted molar refractivity (Wildman–Crippen MR) is 105 cm³/mol. The van der Waals surface area contributed by atoms with Gasteiger partial charge in [0.15, 0.2) is 6.61 Å². The van der Waals surface area contributed by atoms with Gasteiger partial charge in [-0.25, -0.2) is 8.42 Å². The maximum absolute atomic E-state index is 12.4. The summed E-state index contributed by atoms with van der Waals surface area (Å²) in [6.07, 6.45) is 0. The van der Waals surface area contributed by atoms with Crippen molar-refractivity contribution in [3.8, 4) is 11.4 Å². The van der Waals surface area contributed by atoms with E-state index in [9.17, 15) is 13.2 Å². The molecule has 0 saturated carbocycles. The topological polar surface area (TPSA) is 111 Å². The predicted octanol–water partition coefficient (Wildman–Crippen LogP) is 2.76. The molecule has 2 aromatic carbocycles. The summed E-state index contributed by atoms with van der Waals surface area (Å²) in [7, 11) is -3.84. The van der Waals surface area contributed by atoms with Crippen LogP contribution in [0.25, 0.3) is 11.4 Å². The molecule has 1 aromatic heterocycles. The zero-order chi connectivity index (χ0) is 21.0. The van der Waals surface area contributed by atoms with E-state index in [-0.39, 0.29) is 17.4 Å². The Hall–Kier alpha value is -3.04. The molecule has 0 amide bonds. The van der Waals surface area contributed by atoms with Gasteiger partial charge in [-0.3, -0.25) is 4.79 Å². The minimum Gasteiger partial charge on any atom is -0.454 e. The average molecular weight is 415 g/mol. The molecule has 0 radical (unpaired) electrons. The van der Waals surface area contributed by atoms with E-state index in [1.165, 1.54) is 19.1 Å². The van der Waals surface area contributed by atoms with Crippen LogP contribution in [-0.4, -0.2) is 30.6 Å². The van der Waals surface area contributed by atoms with Crippen LogP contribution >= 0.6 is 0 Å². The molecule has 0 spiro atoms. The van der Waals surface area contributed by atoms with Gasteiger partial charge in [0, 0.05) is 5.56 Å². The summed E-state index contributed by atoms with van der Waals surface area (Å²) in [5, 5.41) is 3.86. The molecule has 0 fully saturated rings. The normalized spacial score (nSPS) is 12.5. The van der Waals surface area contributed by atoms with E-state index in [0.717, 1.165) is 16.7 Å². The summed E-state index contributed by atoms with van der Waals surface area (Å²) < 4.78 is 37.2. The fourth-order valence-electron chi connectivity index (χ4n) is 2.46. The maximum atomic E-state index is 12.4. The average Bonchev–Trinajstić information content (AvgIpc) is 3.15. The van der Waals surface area contributed by atoms with Gasteiger partial charge in [-0.1, -0.05) is 52.7 Å². The van der Waals surface area contributed by atoms with E-state index < -0.39 is 22.0 Å². The number of ether oxygens (including phenoxy) is 1. The number of benzene rings is 2. The molecule has 1 atom stereocenters. The van der Waals surface area contributed by atoms with Gasteiger partial charge in [-0.05, 0) is 32.9 Å². The number of carbonyl (C=O) groups is 1. The number of sulfonamides is 1. The summed E-state index contributed by atoms with van der Waals surface area (Å²) in [5.41, 5.74) is 2.81. The van der Waals surface area contributed by atoms with Crippen molar-refractivity contribution in [2.75, 3.05) is 0 Å². The molecule has 1 heterocycles. The highest BCUT2D eigenvalue weighted by Gasteiger charge is 2.23. The lowest BCUT2D eigenvalue weighted by molar-refractivity contribution is -0.147. The van der Waals surface area contributed by atoms with Crippen molar-refractivity contribution in [2.45, 2.75) is 38.3 Å². The largest absolute Gasteiger partial charge is 0.454 e. The van der Waals surface area contributed by atoms with E-state index in [1.807, 2.05) is 38.1 Å². The monoisotopic (exact) mass is 415 g/mol. The van der Waals surface area contributed by atoms with Crippen LogP contribution in [-0.2, 0) is 26.2 Å². The summed E-state index contributed by atoms with van der Waals surface area (Å²) in [4.78, 5) is 16.4. The third kappa shape index (κ3) is 5.27. The Morgan fingerprint density at radius 1 is 1.07 bits per heavy atom. The first-order valence-corrected chi connectivity index (χ1v) is 10.4. The molecular formula is C20H21N3O5S. The first kappa shape index (κ1) is 20.7. The summed E-state index contributed by atoms with van der Waals surface area (Å²) in [6, 6.07) is 12.8. The van der Waals surface area contributed by atoms with E-state index in [2.05, 4.69) is 14.9 Å². The van der Waals surface area contributed by atoms with Crippen LogP contribution in [0.3, 0.4) is 0 Å². The lowest BCUT2D eigenvalue weighted by Crippen LogP contribution is -2.39. The molecular weight excluding hydrogens is 394 g/mol. The Kier molecular flexibility index (Phi) is 6.09. The van der Waals surface area contributed by atoms with Crippen molar-refractivity contribution in [2.24, 2.45) is 0 Å². The lowest BCUT2D eigenvalue weighted by atomic mass is 10.1. The Labute approximate surface area is 169 Å². The van der Waals surface area contributed by atoms with Crippen molar-refractivity contribution < 1.29 is 22.5 Å². The standard InChI is InChI=1S/C20H21N3O5S/c1-13-4-8-16(9-5-13)19-21-18(28-22-19)12-27-20(24)15(3)23-29(25,26)17-10-6-14(2)7-11-17/h4-11,15,23H,12H2,1-3H3. The van der Waals surface area contributed by atoms with E-state index in [4.69, 9.17) is 9.26 Å². The van der Waals surface area contributed by atoms with E-state index in [1.54, 1.807) is 12.1 Å². The van der Waals surface area contributed by atoms with Gasteiger partial charge in [0.25, 0.3) is 5.89 Å². The van der Waals surface area contributed by atoms with Gasteiger partial charge < -0.3 is 9.26 Å². The Morgan fingerprint density at radius 2 is 1.66 bits per heavy atom. The second kappa shape index (κ2) is 8.54. The zero-order valence-electron chi connectivity index (χ0n) is 16.2. The Bertz CT molecular complexity index is 1090. The van der Waals surface area contributed by atoms with Crippen LogP contribution < -0.4 is 4.72 Å². The van der Waals surface area contributed by atoms with Gasteiger partial charge in [-0.15, -0.1) is 0 Å². The fourth-order valence-corrected chi connectivity index (χ4v) is 3.65. The number of aryl methyl sites for hydroxylation is 2. The highest BCUT2D eigenvalue weighted by atomic mass is 32.2. The number of aromatic nitrogens is 2. The van der Waals surface area contributed by atoms with Crippen molar-refractivity contribution in [1.29, 1.82) is 0 Å². The summed E-state index contributed by atoms with van der Waals surface area (Å²) in [5.74, 6) is -0.262. The second-order valence-corrected chi connectivity index (χ2v) is 8.36. The molecule has 1 N–H and O–H groups in total. The molecule has 3 aromatic rings. The minimum atomic E-state index is -3.84. The van der Waals surface area contributed by atoms with E-state index >= 15 is 0 Å². The third-order valence-corrected chi connectivity index (χ3v) is 5.69. The molecule has 0 saturated heterocycles. The van der Waals surface area contributed by atoms with Crippen molar-refractivity contribution >= 4 is 16.0 Å². The van der Waals surface area contributed by atoms with Gasteiger partial charge in [0.2, 0.25) is 15.8 Å². The van der Waals surface area contributed by atoms with E-state index in [0.29, 0.717) is 5.82 Å². The molecule has 8 nitrogen and oxygen atoms in total. The smallest absolute Gasteiger partial charge is 0.324 e. The number of nitrogens with zero attached hydrogens (tertiary/aromatic N) is 2. The van der Waals surface area contributed by atoms with Crippen molar-refractivity contribution in [3.63, 3.8) is 0 Å². The molecule has 3 rings (SSSR count). The molecule has 0 aliphatic heterocycles. The third-order valence-electron chi connectivity index (χ3n) is 4.13. The van der Waals surface area contributed by atoms with Crippen molar-refractivity contribution in [1.82, 2.24) is 14.9 Å². The minimum absolute atomic E-state index is 0.0717. The van der Waals surface area contributed by atoms with Crippen LogP contribution in [0.1, 0.15) is 23.9 Å². The fraction of sp³-hybridized carbons (Fsp3) is 0.250. The van der Waals surface area contributed by atoms with Crippen LogP contribution in [0, 0.1) is 13.8 Å². The highest BCUT2D eigenvalue weighted by Crippen LogP contribution is 2.17. The van der Waals surface area contributed by atoms with Crippen LogP contribution in [0.5, 0.6) is 0 Å². The molecule has 0 aliphatic carbocycles. The first-order valence-electron chi connectivity index (χ1n) is 8.90. The molecule has 29 heavy (non-hydrogen) atoms.